The molecule has 0 radical (unpaired) electrons. The lowest BCUT2D eigenvalue weighted by atomic mass is 10.3. The van der Waals surface area contributed by atoms with Gasteiger partial charge in [-0.3, -0.25) is 4.79 Å². The van der Waals surface area contributed by atoms with Crippen LogP contribution in [0.1, 0.15) is 6.42 Å². The van der Waals surface area contributed by atoms with Gasteiger partial charge in [-0.25, -0.2) is 8.42 Å². The molecule has 1 amide bonds. The Morgan fingerprint density at radius 1 is 1.30 bits per heavy atom. The summed E-state index contributed by atoms with van der Waals surface area (Å²) in [5.74, 6) is -0.283. The van der Waals surface area contributed by atoms with Crippen molar-refractivity contribution >= 4 is 38.7 Å². The molecule has 1 aliphatic rings. The van der Waals surface area contributed by atoms with Gasteiger partial charge in [-0.2, -0.15) is 13.1 Å². The molecule has 0 saturated carbocycles. The minimum absolute atomic E-state index is 0.110. The Kier molecular flexibility index (Phi) is 3.40. The molecular weight excluding hydrogens is 300 g/mol. The average Bonchev–Trinajstić information content (AvgIpc) is 2.79. The quantitative estimate of drug-likeness (QED) is 0.855. The van der Waals surface area contributed by atoms with Crippen molar-refractivity contribution in [2.75, 3.05) is 19.6 Å². The second kappa shape index (κ2) is 5.08. The lowest BCUT2D eigenvalue weighted by Crippen LogP contribution is -2.37. The third-order valence-corrected chi connectivity index (χ3v) is 5.51. The van der Waals surface area contributed by atoms with E-state index >= 15 is 0 Å². The number of hydrogen-bond acceptors (Lipinski definition) is 6. The fourth-order valence-corrected chi connectivity index (χ4v) is 4.30. The van der Waals surface area contributed by atoms with Crippen LogP contribution < -0.4 is 5.32 Å². The van der Waals surface area contributed by atoms with E-state index in [-0.39, 0.29) is 17.3 Å². The monoisotopic (exact) mass is 312 g/mol. The predicted molar refractivity (Wildman–Crippen MR) is 73.8 cm³/mol. The number of amides is 1. The molecule has 0 spiro atoms. The summed E-state index contributed by atoms with van der Waals surface area (Å²) in [6, 6.07) is 4.85. The second-order valence-electron chi connectivity index (χ2n) is 4.43. The van der Waals surface area contributed by atoms with Crippen LogP contribution in [0.3, 0.4) is 0 Å². The highest BCUT2D eigenvalue weighted by atomic mass is 32.2. The maximum atomic E-state index is 12.7. The Morgan fingerprint density at radius 3 is 3.00 bits per heavy atom. The maximum absolute atomic E-state index is 12.7. The molecule has 1 N–H and O–H groups in total. The number of carbonyl (C=O) groups excluding carboxylic acids is 1. The molecule has 1 aromatic carbocycles. The molecule has 0 atom stereocenters. The van der Waals surface area contributed by atoms with Gasteiger partial charge in [-0.1, -0.05) is 6.07 Å². The van der Waals surface area contributed by atoms with E-state index in [4.69, 9.17) is 0 Å². The predicted octanol–water partition coefficient (Wildman–Crippen LogP) is 0.202. The van der Waals surface area contributed by atoms with Crippen LogP contribution in [0.25, 0.3) is 11.0 Å². The maximum Gasteiger partial charge on any atom is 0.245 e. The molecule has 0 bridgehead atoms. The van der Waals surface area contributed by atoms with Crippen molar-refractivity contribution in [3.05, 3.63) is 18.2 Å². The number of fused-ring (bicyclic) bond motifs is 1. The number of nitrogens with one attached hydrogen (secondary N) is 1. The number of carbonyl (C=O) groups is 1. The molecule has 20 heavy (non-hydrogen) atoms. The van der Waals surface area contributed by atoms with E-state index in [1.807, 2.05) is 0 Å². The van der Waals surface area contributed by atoms with Crippen LogP contribution in [0, 0.1) is 0 Å². The summed E-state index contributed by atoms with van der Waals surface area (Å²) in [7, 11) is -3.74. The minimum Gasteiger partial charge on any atom is -0.355 e. The van der Waals surface area contributed by atoms with Crippen molar-refractivity contribution in [3.63, 3.8) is 0 Å². The smallest absolute Gasteiger partial charge is 0.245 e. The minimum atomic E-state index is -3.74. The number of hydrogen-bond donors (Lipinski definition) is 1. The summed E-state index contributed by atoms with van der Waals surface area (Å²) >= 11 is 0.972. The largest absolute Gasteiger partial charge is 0.355 e. The molecule has 1 aromatic heterocycles. The third-order valence-electron chi connectivity index (χ3n) is 3.09. The molecule has 1 aliphatic heterocycles. The summed E-state index contributed by atoms with van der Waals surface area (Å²) in [6.45, 7) is 0.651. The zero-order chi connectivity index (χ0) is 14.2. The Balaban J connectivity index is 2.07. The fourth-order valence-electron chi connectivity index (χ4n) is 2.11. The van der Waals surface area contributed by atoms with Crippen molar-refractivity contribution in [1.82, 2.24) is 18.4 Å². The van der Waals surface area contributed by atoms with Gasteiger partial charge in [-0.05, 0) is 18.6 Å². The Hall–Kier alpha value is -1.58. The first-order valence-electron chi connectivity index (χ1n) is 6.07. The van der Waals surface area contributed by atoms with Gasteiger partial charge >= 0.3 is 0 Å². The van der Waals surface area contributed by atoms with Crippen LogP contribution in [0.2, 0.25) is 0 Å². The van der Waals surface area contributed by atoms with E-state index < -0.39 is 10.0 Å². The van der Waals surface area contributed by atoms with E-state index in [1.165, 1.54) is 10.4 Å². The molecule has 1 saturated heterocycles. The molecular formula is C11H12N4O3S2. The fraction of sp³-hybridized carbons (Fsp3) is 0.364. The van der Waals surface area contributed by atoms with Crippen LogP contribution >= 0.6 is 11.7 Å². The average molecular weight is 312 g/mol. The van der Waals surface area contributed by atoms with Crippen LogP contribution in [0.5, 0.6) is 0 Å². The first kappa shape index (κ1) is 13.4. The van der Waals surface area contributed by atoms with Gasteiger partial charge in [0.2, 0.25) is 15.9 Å². The molecule has 1 fully saturated rings. The highest BCUT2D eigenvalue weighted by molar-refractivity contribution is 7.89. The summed E-state index contributed by atoms with van der Waals surface area (Å²) in [5.41, 5.74) is 0.914. The van der Waals surface area contributed by atoms with Crippen molar-refractivity contribution in [3.8, 4) is 0 Å². The van der Waals surface area contributed by atoms with E-state index in [9.17, 15) is 13.2 Å². The van der Waals surface area contributed by atoms with Crippen molar-refractivity contribution in [2.24, 2.45) is 0 Å². The summed E-state index contributed by atoms with van der Waals surface area (Å²) in [6.07, 6.45) is 0.594. The van der Waals surface area contributed by atoms with E-state index in [2.05, 4.69) is 14.1 Å². The van der Waals surface area contributed by atoms with Gasteiger partial charge in [0.05, 0.1) is 18.3 Å². The van der Waals surface area contributed by atoms with Gasteiger partial charge in [0.15, 0.2) is 0 Å². The Labute approximate surface area is 120 Å². The number of nitrogens with zero attached hydrogens (tertiary/aromatic N) is 3. The zero-order valence-corrected chi connectivity index (χ0v) is 12.1. The number of rotatable bonds is 2. The Bertz CT molecular complexity index is 756. The first-order valence-corrected chi connectivity index (χ1v) is 8.24. The molecule has 0 aliphatic carbocycles. The van der Waals surface area contributed by atoms with E-state index in [0.29, 0.717) is 30.5 Å². The Morgan fingerprint density at radius 2 is 2.15 bits per heavy atom. The van der Waals surface area contributed by atoms with Gasteiger partial charge in [0.1, 0.15) is 15.9 Å². The second-order valence-corrected chi connectivity index (χ2v) is 6.87. The van der Waals surface area contributed by atoms with Crippen molar-refractivity contribution in [1.29, 1.82) is 0 Å². The molecule has 9 heteroatoms. The molecule has 0 unspecified atom stereocenters. The standard InChI is InChI=1S/C11H12N4O3S2/c16-10-7-15(6-2-5-12-10)20(17,18)9-4-1-3-8-11(9)14-19-13-8/h1,3-4H,2,5-7H2,(H,12,16). The van der Waals surface area contributed by atoms with Crippen LogP contribution in [-0.2, 0) is 14.8 Å². The number of sulfonamides is 1. The summed E-state index contributed by atoms with van der Waals surface area (Å²) in [4.78, 5) is 11.7. The third kappa shape index (κ3) is 2.28. The highest BCUT2D eigenvalue weighted by Crippen LogP contribution is 2.24. The van der Waals surface area contributed by atoms with Crippen molar-refractivity contribution in [2.45, 2.75) is 11.3 Å². The van der Waals surface area contributed by atoms with Crippen LogP contribution in [-0.4, -0.2) is 47.0 Å². The molecule has 106 valence electrons. The molecule has 2 aromatic rings. The molecule has 3 rings (SSSR count). The highest BCUT2D eigenvalue weighted by Gasteiger charge is 2.30. The van der Waals surface area contributed by atoms with Gasteiger partial charge in [0.25, 0.3) is 0 Å². The molecule has 7 nitrogen and oxygen atoms in total. The van der Waals surface area contributed by atoms with E-state index in [0.717, 1.165) is 11.7 Å². The first-order chi connectivity index (χ1) is 9.59. The molecule has 2 heterocycles. The van der Waals surface area contributed by atoms with Gasteiger partial charge in [0, 0.05) is 13.1 Å². The van der Waals surface area contributed by atoms with E-state index in [1.54, 1.807) is 12.1 Å². The summed E-state index contributed by atoms with van der Waals surface area (Å²) in [5, 5.41) is 2.66. The topological polar surface area (TPSA) is 92.3 Å². The van der Waals surface area contributed by atoms with Crippen LogP contribution in [0.15, 0.2) is 23.1 Å². The summed E-state index contributed by atoms with van der Waals surface area (Å²) < 4.78 is 34.6. The van der Waals surface area contributed by atoms with Crippen LogP contribution in [0.4, 0.5) is 0 Å². The van der Waals surface area contributed by atoms with Gasteiger partial charge < -0.3 is 5.32 Å². The zero-order valence-electron chi connectivity index (χ0n) is 10.4. The van der Waals surface area contributed by atoms with Gasteiger partial charge in [-0.15, -0.1) is 0 Å². The SMILES string of the molecule is O=C1CN(S(=O)(=O)c2cccc3nsnc23)CCCN1. The normalized spacial score (nSPS) is 17.9. The lowest BCUT2D eigenvalue weighted by molar-refractivity contribution is -0.120. The number of benzene rings is 1. The number of aromatic nitrogens is 2. The lowest BCUT2D eigenvalue weighted by Gasteiger charge is -2.18. The van der Waals surface area contributed by atoms with Crippen molar-refractivity contribution < 1.29 is 13.2 Å².